The normalized spacial score (nSPS) is 14.6. The van der Waals surface area contributed by atoms with Crippen LogP contribution in [-0.2, 0) is 6.42 Å². The first-order chi connectivity index (χ1) is 16.4. The highest BCUT2D eigenvalue weighted by Crippen LogP contribution is 2.31. The van der Waals surface area contributed by atoms with Crippen LogP contribution >= 0.6 is 0 Å². The molecule has 0 aliphatic carbocycles. The third-order valence-corrected chi connectivity index (χ3v) is 6.21. The molecule has 4 aromatic rings. The van der Waals surface area contributed by atoms with Gasteiger partial charge in [0.25, 0.3) is 0 Å². The van der Waals surface area contributed by atoms with Gasteiger partial charge in [-0.05, 0) is 43.0 Å². The Morgan fingerprint density at radius 2 is 1.82 bits per heavy atom. The van der Waals surface area contributed by atoms with Crippen LogP contribution in [-0.4, -0.2) is 48.7 Å². The Morgan fingerprint density at radius 3 is 2.50 bits per heavy atom. The van der Waals surface area contributed by atoms with Crippen molar-refractivity contribution in [3.8, 4) is 0 Å². The van der Waals surface area contributed by atoms with Crippen LogP contribution in [0.3, 0.4) is 0 Å². The summed E-state index contributed by atoms with van der Waals surface area (Å²) >= 11 is 0. The fourth-order valence-corrected chi connectivity index (χ4v) is 4.41. The number of hydrogen-bond donors (Lipinski definition) is 1. The first-order valence-electron chi connectivity index (χ1n) is 11.0. The summed E-state index contributed by atoms with van der Waals surface area (Å²) in [5, 5.41) is 9.29. The Kier molecular flexibility index (Phi) is 5.64. The van der Waals surface area contributed by atoms with Crippen molar-refractivity contribution in [3.05, 3.63) is 77.1 Å². The van der Waals surface area contributed by atoms with Gasteiger partial charge in [0.2, 0.25) is 5.95 Å². The summed E-state index contributed by atoms with van der Waals surface area (Å²) in [6.45, 7) is 3.40. The Labute approximate surface area is 193 Å². The highest BCUT2D eigenvalue weighted by molar-refractivity contribution is 5.87. The van der Waals surface area contributed by atoms with Crippen LogP contribution in [0.2, 0.25) is 0 Å². The summed E-state index contributed by atoms with van der Waals surface area (Å²) in [5.74, 6) is -1.65. The molecular formula is C24H22F2N6O2. The van der Waals surface area contributed by atoms with Crippen LogP contribution in [0, 0.1) is 18.6 Å². The number of carboxylic acids is 1. The molecule has 1 N–H and O–H groups in total. The quantitative estimate of drug-likeness (QED) is 0.478. The van der Waals surface area contributed by atoms with E-state index in [0.717, 1.165) is 37.6 Å². The van der Waals surface area contributed by atoms with Gasteiger partial charge in [-0.25, -0.2) is 33.5 Å². The second-order valence-electron chi connectivity index (χ2n) is 8.47. The largest absolute Gasteiger partial charge is 0.478 e. The minimum absolute atomic E-state index is 0.0227. The zero-order chi connectivity index (χ0) is 23.8. The minimum atomic E-state index is -1.21. The minimum Gasteiger partial charge on any atom is -0.478 e. The van der Waals surface area contributed by atoms with Gasteiger partial charge >= 0.3 is 5.97 Å². The second kappa shape index (κ2) is 8.77. The van der Waals surface area contributed by atoms with E-state index in [1.807, 2.05) is 11.5 Å². The lowest BCUT2D eigenvalue weighted by Gasteiger charge is -2.32. The van der Waals surface area contributed by atoms with E-state index < -0.39 is 17.6 Å². The van der Waals surface area contributed by atoms with Crippen molar-refractivity contribution in [2.24, 2.45) is 0 Å². The summed E-state index contributed by atoms with van der Waals surface area (Å²) in [7, 11) is 0. The molecule has 0 saturated carbocycles. The average Bonchev–Trinajstić information content (AvgIpc) is 3.18. The zero-order valence-corrected chi connectivity index (χ0v) is 18.4. The standard InChI is InChI=1S/C24H22F2N6O2/c1-14-10-27-24(28-11-14)31-6-4-17(5-7-31)32-12-19(26)21-20(29-13-30-22(21)32)9-15-2-3-16(23(33)34)8-18(15)25/h2-3,8,10-13,17H,4-7,9H2,1H3,(H,33,34). The number of carbonyl (C=O) groups is 1. The topological polar surface area (TPSA) is 97.0 Å². The number of aromatic nitrogens is 5. The molecule has 34 heavy (non-hydrogen) atoms. The van der Waals surface area contributed by atoms with E-state index in [2.05, 4.69) is 24.8 Å². The molecule has 0 atom stereocenters. The van der Waals surface area contributed by atoms with Crippen LogP contribution in [0.1, 0.15) is 46.1 Å². The van der Waals surface area contributed by atoms with Gasteiger partial charge in [-0.3, -0.25) is 0 Å². The van der Waals surface area contributed by atoms with E-state index in [0.29, 0.717) is 17.3 Å². The Bertz CT molecular complexity index is 1360. The fraction of sp³-hybridized carbons (Fsp3) is 0.292. The summed E-state index contributed by atoms with van der Waals surface area (Å²) in [5.41, 5.74) is 1.92. The lowest BCUT2D eigenvalue weighted by Crippen LogP contribution is -2.35. The van der Waals surface area contributed by atoms with E-state index in [9.17, 15) is 9.18 Å². The van der Waals surface area contributed by atoms with Gasteiger partial charge in [0.05, 0.1) is 16.6 Å². The lowest BCUT2D eigenvalue weighted by molar-refractivity contribution is 0.0696. The van der Waals surface area contributed by atoms with Crippen LogP contribution < -0.4 is 4.90 Å². The molecule has 3 aromatic heterocycles. The number of aryl methyl sites for hydroxylation is 1. The number of rotatable bonds is 5. The molecule has 8 nitrogen and oxygen atoms in total. The number of hydrogen-bond acceptors (Lipinski definition) is 6. The summed E-state index contributed by atoms with van der Waals surface area (Å²) in [4.78, 5) is 30.5. The van der Waals surface area contributed by atoms with Crippen LogP contribution in [0.4, 0.5) is 14.7 Å². The Morgan fingerprint density at radius 1 is 1.09 bits per heavy atom. The van der Waals surface area contributed by atoms with Gasteiger partial charge in [0.15, 0.2) is 5.82 Å². The Hall–Kier alpha value is -3.95. The lowest BCUT2D eigenvalue weighted by atomic mass is 10.0. The number of anilines is 1. The van der Waals surface area contributed by atoms with Crippen molar-refractivity contribution in [1.29, 1.82) is 0 Å². The molecule has 1 aliphatic heterocycles. The molecule has 1 fully saturated rings. The van der Waals surface area contributed by atoms with E-state index in [1.165, 1.54) is 24.7 Å². The molecule has 4 heterocycles. The predicted molar refractivity (Wildman–Crippen MR) is 121 cm³/mol. The van der Waals surface area contributed by atoms with E-state index >= 15 is 4.39 Å². The smallest absolute Gasteiger partial charge is 0.335 e. The monoisotopic (exact) mass is 464 g/mol. The average molecular weight is 464 g/mol. The number of piperidine rings is 1. The van der Waals surface area contributed by atoms with Crippen LogP contribution in [0.15, 0.2) is 43.1 Å². The molecule has 10 heteroatoms. The van der Waals surface area contributed by atoms with Gasteiger partial charge in [-0.15, -0.1) is 0 Å². The van der Waals surface area contributed by atoms with Crippen molar-refractivity contribution in [3.63, 3.8) is 0 Å². The maximum atomic E-state index is 15.1. The number of aromatic carboxylic acids is 1. The van der Waals surface area contributed by atoms with Gasteiger partial charge in [-0.1, -0.05) is 6.07 Å². The molecule has 5 rings (SSSR count). The number of halogens is 2. The SMILES string of the molecule is Cc1cnc(N2CCC(n3cc(F)c4c(Cc5ccc(C(=O)O)cc5F)ncnc43)CC2)nc1. The van der Waals surface area contributed by atoms with Gasteiger partial charge in [0.1, 0.15) is 17.8 Å². The molecule has 0 radical (unpaired) electrons. The van der Waals surface area contributed by atoms with Crippen molar-refractivity contribution in [1.82, 2.24) is 24.5 Å². The van der Waals surface area contributed by atoms with Crippen LogP contribution in [0.5, 0.6) is 0 Å². The summed E-state index contributed by atoms with van der Waals surface area (Å²) in [6, 6.07) is 3.72. The van der Waals surface area contributed by atoms with E-state index in [4.69, 9.17) is 5.11 Å². The third-order valence-electron chi connectivity index (χ3n) is 6.21. The van der Waals surface area contributed by atoms with Crippen LogP contribution in [0.25, 0.3) is 11.0 Å². The van der Waals surface area contributed by atoms with Crippen molar-refractivity contribution >= 4 is 23.0 Å². The van der Waals surface area contributed by atoms with Gasteiger partial charge in [0, 0.05) is 44.1 Å². The maximum Gasteiger partial charge on any atom is 0.335 e. The van der Waals surface area contributed by atoms with Crippen molar-refractivity contribution < 1.29 is 18.7 Å². The number of fused-ring (bicyclic) bond motifs is 1. The molecule has 1 aliphatic rings. The van der Waals surface area contributed by atoms with E-state index in [1.54, 1.807) is 12.4 Å². The molecule has 1 aromatic carbocycles. The van der Waals surface area contributed by atoms with E-state index in [-0.39, 0.29) is 29.0 Å². The molecule has 0 spiro atoms. The fourth-order valence-electron chi connectivity index (χ4n) is 4.41. The van der Waals surface area contributed by atoms with Crippen molar-refractivity contribution in [2.75, 3.05) is 18.0 Å². The number of nitrogens with zero attached hydrogens (tertiary/aromatic N) is 6. The Balaban J connectivity index is 1.39. The second-order valence-corrected chi connectivity index (χ2v) is 8.47. The molecular weight excluding hydrogens is 442 g/mol. The zero-order valence-electron chi connectivity index (χ0n) is 18.4. The molecule has 174 valence electrons. The number of benzene rings is 1. The molecule has 0 amide bonds. The summed E-state index contributed by atoms with van der Waals surface area (Å²) < 4.78 is 31.4. The predicted octanol–water partition coefficient (Wildman–Crippen LogP) is 3.94. The molecule has 1 saturated heterocycles. The first-order valence-corrected chi connectivity index (χ1v) is 11.0. The highest BCUT2D eigenvalue weighted by atomic mass is 19.1. The van der Waals surface area contributed by atoms with Gasteiger partial charge < -0.3 is 14.6 Å². The maximum absolute atomic E-state index is 15.1. The van der Waals surface area contributed by atoms with Crippen molar-refractivity contribution in [2.45, 2.75) is 32.2 Å². The number of carboxylic acid groups (broad SMARTS) is 1. The first kappa shape index (κ1) is 21.9. The molecule has 0 bridgehead atoms. The van der Waals surface area contributed by atoms with Gasteiger partial charge in [-0.2, -0.15) is 0 Å². The highest BCUT2D eigenvalue weighted by Gasteiger charge is 2.26. The molecule has 0 unspecified atom stereocenters. The third kappa shape index (κ3) is 4.07. The summed E-state index contributed by atoms with van der Waals surface area (Å²) in [6.07, 6.45) is 7.94.